The molecule has 0 fully saturated rings. The van der Waals surface area contributed by atoms with Crippen LogP contribution in [0, 0.1) is 0 Å². The van der Waals surface area contributed by atoms with Crippen molar-refractivity contribution in [3.05, 3.63) is 54.1 Å². The second-order valence-electron chi connectivity index (χ2n) is 6.35. The maximum absolute atomic E-state index is 12.1. The number of carbonyl (C=O) groups excluding carboxylic acids is 3. The van der Waals surface area contributed by atoms with Crippen LogP contribution in [0.15, 0.2) is 48.5 Å². The second-order valence-corrected chi connectivity index (χ2v) is 6.35. The van der Waals surface area contributed by atoms with Crippen molar-refractivity contribution in [2.75, 3.05) is 17.2 Å². The van der Waals surface area contributed by atoms with Crippen molar-refractivity contribution in [2.24, 2.45) is 0 Å². The summed E-state index contributed by atoms with van der Waals surface area (Å²) >= 11 is 0. The van der Waals surface area contributed by atoms with Gasteiger partial charge in [-0.1, -0.05) is 30.3 Å². The Morgan fingerprint density at radius 2 is 1.89 bits per heavy atom. The van der Waals surface area contributed by atoms with Gasteiger partial charge in [-0.05, 0) is 30.7 Å². The molecule has 4 N–H and O–H groups in total. The Hall–Kier alpha value is -3.55. The number of hydrogen-bond acceptors (Lipinski definition) is 4. The molecule has 2 aromatic rings. The van der Waals surface area contributed by atoms with E-state index < -0.39 is 6.10 Å². The summed E-state index contributed by atoms with van der Waals surface area (Å²) < 4.78 is 5.47. The van der Waals surface area contributed by atoms with Gasteiger partial charge in [0, 0.05) is 25.2 Å². The molecule has 3 rings (SSSR count). The van der Waals surface area contributed by atoms with Crippen LogP contribution < -0.4 is 26.0 Å². The third-order valence-corrected chi connectivity index (χ3v) is 4.13. The Morgan fingerprint density at radius 1 is 1.11 bits per heavy atom. The lowest BCUT2D eigenvalue weighted by Crippen LogP contribution is -2.36. The Labute approximate surface area is 162 Å². The second kappa shape index (κ2) is 8.90. The van der Waals surface area contributed by atoms with Crippen LogP contribution in [0.3, 0.4) is 0 Å². The van der Waals surface area contributed by atoms with Crippen molar-refractivity contribution in [1.82, 2.24) is 10.6 Å². The lowest BCUT2D eigenvalue weighted by molar-refractivity contribution is -0.122. The molecule has 1 atom stereocenters. The van der Waals surface area contributed by atoms with Gasteiger partial charge < -0.3 is 26.0 Å². The summed E-state index contributed by atoms with van der Waals surface area (Å²) in [4.78, 5) is 35.5. The van der Waals surface area contributed by atoms with E-state index in [9.17, 15) is 14.4 Å². The molecule has 0 radical (unpaired) electrons. The number of carbonyl (C=O) groups is 3. The summed E-state index contributed by atoms with van der Waals surface area (Å²) in [6.45, 7) is 2.28. The van der Waals surface area contributed by atoms with Crippen LogP contribution in [0.4, 0.5) is 16.2 Å². The fraction of sp³-hybridized carbons (Fsp3) is 0.250. The SMILES string of the molecule is C[C@@H]1Oc2ccc(NC(=O)CCNC(=O)NCc3ccccc3)cc2NC1=O. The first-order valence-electron chi connectivity index (χ1n) is 8.98. The van der Waals surface area contributed by atoms with Crippen molar-refractivity contribution in [1.29, 1.82) is 0 Å². The Kier molecular flexibility index (Phi) is 6.11. The number of hydrogen-bond donors (Lipinski definition) is 4. The number of anilines is 2. The molecule has 0 unspecified atom stereocenters. The third-order valence-electron chi connectivity index (χ3n) is 4.13. The average Bonchev–Trinajstić information content (AvgIpc) is 2.68. The van der Waals surface area contributed by atoms with Crippen LogP contribution in [0.5, 0.6) is 5.75 Å². The highest BCUT2D eigenvalue weighted by molar-refractivity contribution is 5.99. The van der Waals surface area contributed by atoms with Gasteiger partial charge >= 0.3 is 6.03 Å². The molecule has 146 valence electrons. The minimum atomic E-state index is -0.549. The molecule has 8 nitrogen and oxygen atoms in total. The molecule has 1 aliphatic heterocycles. The zero-order valence-corrected chi connectivity index (χ0v) is 15.5. The summed E-state index contributed by atoms with van der Waals surface area (Å²) in [5.74, 6) is 0.0725. The first kappa shape index (κ1) is 19.2. The Bertz CT molecular complexity index is 870. The van der Waals surface area contributed by atoms with E-state index in [1.807, 2.05) is 30.3 Å². The highest BCUT2D eigenvalue weighted by atomic mass is 16.5. The van der Waals surface area contributed by atoms with E-state index in [0.29, 0.717) is 23.7 Å². The molecule has 0 aromatic heterocycles. The number of nitrogens with one attached hydrogen (secondary N) is 4. The van der Waals surface area contributed by atoms with Crippen molar-refractivity contribution >= 4 is 29.2 Å². The number of benzene rings is 2. The number of rotatable bonds is 6. The summed E-state index contributed by atoms with van der Waals surface area (Å²) in [7, 11) is 0. The molecule has 1 heterocycles. The first-order chi connectivity index (χ1) is 13.5. The number of urea groups is 1. The molecule has 0 bridgehead atoms. The first-order valence-corrected chi connectivity index (χ1v) is 8.98. The van der Waals surface area contributed by atoms with Crippen LogP contribution in [-0.2, 0) is 16.1 Å². The van der Waals surface area contributed by atoms with Crippen molar-refractivity contribution in [2.45, 2.75) is 26.0 Å². The molecule has 28 heavy (non-hydrogen) atoms. The van der Waals surface area contributed by atoms with E-state index in [-0.39, 0.29) is 30.8 Å². The Balaban J connectivity index is 1.40. The zero-order valence-electron chi connectivity index (χ0n) is 15.5. The predicted molar refractivity (Wildman–Crippen MR) is 105 cm³/mol. The normalized spacial score (nSPS) is 14.9. The quantitative estimate of drug-likeness (QED) is 0.614. The number of ether oxygens (including phenoxy) is 1. The smallest absolute Gasteiger partial charge is 0.315 e. The highest BCUT2D eigenvalue weighted by Crippen LogP contribution is 2.32. The van der Waals surface area contributed by atoms with E-state index >= 15 is 0 Å². The third kappa shape index (κ3) is 5.23. The van der Waals surface area contributed by atoms with Gasteiger partial charge in [0.1, 0.15) is 5.75 Å². The summed E-state index contributed by atoms with van der Waals surface area (Å²) in [5, 5.41) is 10.8. The zero-order chi connectivity index (χ0) is 19.9. The van der Waals surface area contributed by atoms with Gasteiger partial charge in [0.2, 0.25) is 5.91 Å². The van der Waals surface area contributed by atoms with Gasteiger partial charge in [-0.3, -0.25) is 9.59 Å². The molecule has 1 aliphatic rings. The monoisotopic (exact) mass is 382 g/mol. The maximum atomic E-state index is 12.1. The van der Waals surface area contributed by atoms with Gasteiger partial charge in [-0.2, -0.15) is 0 Å². The summed E-state index contributed by atoms with van der Waals surface area (Å²) in [6.07, 6.45) is -0.428. The van der Waals surface area contributed by atoms with Gasteiger partial charge in [-0.25, -0.2) is 4.79 Å². The van der Waals surface area contributed by atoms with E-state index in [2.05, 4.69) is 21.3 Å². The fourth-order valence-electron chi connectivity index (χ4n) is 2.64. The molecular weight excluding hydrogens is 360 g/mol. The van der Waals surface area contributed by atoms with Gasteiger partial charge in [0.25, 0.3) is 5.91 Å². The van der Waals surface area contributed by atoms with Gasteiger partial charge in [-0.15, -0.1) is 0 Å². The summed E-state index contributed by atoms with van der Waals surface area (Å²) in [5.41, 5.74) is 2.04. The van der Waals surface area contributed by atoms with E-state index in [0.717, 1.165) is 5.56 Å². The topological polar surface area (TPSA) is 109 Å². The molecule has 8 heteroatoms. The lowest BCUT2D eigenvalue weighted by Gasteiger charge is -2.23. The predicted octanol–water partition coefficient (Wildman–Crippen LogP) is 2.23. The average molecular weight is 382 g/mol. The maximum Gasteiger partial charge on any atom is 0.315 e. The van der Waals surface area contributed by atoms with Crippen LogP contribution in [0.25, 0.3) is 0 Å². The summed E-state index contributed by atoms with van der Waals surface area (Å²) in [6, 6.07) is 14.2. The van der Waals surface area contributed by atoms with Gasteiger partial charge in [0.05, 0.1) is 5.69 Å². The van der Waals surface area contributed by atoms with Crippen molar-refractivity contribution < 1.29 is 19.1 Å². The van der Waals surface area contributed by atoms with Gasteiger partial charge in [0.15, 0.2) is 6.10 Å². The molecule has 2 aromatic carbocycles. The van der Waals surface area contributed by atoms with Crippen LogP contribution in [-0.4, -0.2) is 30.5 Å². The molecule has 4 amide bonds. The van der Waals surface area contributed by atoms with Crippen LogP contribution in [0.1, 0.15) is 18.9 Å². The Morgan fingerprint density at radius 3 is 2.68 bits per heavy atom. The fourth-order valence-corrected chi connectivity index (χ4v) is 2.64. The standard InChI is InChI=1S/C20H22N4O4/c1-13-19(26)24-16-11-15(7-8-17(16)28-13)23-18(25)9-10-21-20(27)22-12-14-5-3-2-4-6-14/h2-8,11,13H,9-10,12H2,1H3,(H,23,25)(H,24,26)(H2,21,22,27)/t13-/m0/s1. The lowest BCUT2D eigenvalue weighted by atomic mass is 10.2. The highest BCUT2D eigenvalue weighted by Gasteiger charge is 2.23. The van der Waals surface area contributed by atoms with Crippen LogP contribution in [0.2, 0.25) is 0 Å². The van der Waals surface area contributed by atoms with Crippen molar-refractivity contribution in [3.63, 3.8) is 0 Å². The number of amides is 4. The minimum absolute atomic E-state index is 0.121. The molecular formula is C20H22N4O4. The van der Waals surface area contributed by atoms with E-state index in [1.54, 1.807) is 25.1 Å². The van der Waals surface area contributed by atoms with E-state index in [1.165, 1.54) is 0 Å². The largest absolute Gasteiger partial charge is 0.479 e. The molecule has 0 aliphatic carbocycles. The van der Waals surface area contributed by atoms with Crippen LogP contribution >= 0.6 is 0 Å². The minimum Gasteiger partial charge on any atom is -0.479 e. The van der Waals surface area contributed by atoms with E-state index in [4.69, 9.17) is 4.74 Å². The van der Waals surface area contributed by atoms with Crippen molar-refractivity contribution in [3.8, 4) is 5.75 Å². The molecule has 0 saturated heterocycles. The molecule has 0 spiro atoms. The number of fused-ring (bicyclic) bond motifs is 1. The molecule has 0 saturated carbocycles.